The standard InChI is InChI=1S/C33H35F3N6OS2/c1-21(2)28-15-6-22(3)18-29(28)41-16-5-17-45-32(41)39-31(44)37-19-23(4)24-7-9-25(10-8-24)30-38-20-42(40-30)26-11-13-27(14-12-26)43-33(34,35)36/h6-15,18,20-21,23H,5,16-17,19H2,1-4H3,(H,37,44)/b39-32-. The number of rotatable bonds is 8. The Hall–Kier alpha value is -3.90. The van der Waals surface area contributed by atoms with Gasteiger partial charge in [0.15, 0.2) is 16.1 Å². The molecule has 1 N–H and O–H groups in total. The average Bonchev–Trinajstić information content (AvgIpc) is 3.50. The lowest BCUT2D eigenvalue weighted by molar-refractivity contribution is -0.274. The summed E-state index contributed by atoms with van der Waals surface area (Å²) < 4.78 is 42.8. The van der Waals surface area contributed by atoms with Crippen molar-refractivity contribution >= 4 is 39.9 Å². The van der Waals surface area contributed by atoms with E-state index in [1.807, 2.05) is 24.3 Å². The number of amidine groups is 1. The predicted octanol–water partition coefficient (Wildman–Crippen LogP) is 8.24. The van der Waals surface area contributed by atoms with Gasteiger partial charge in [0.05, 0.1) is 5.69 Å². The highest BCUT2D eigenvalue weighted by Gasteiger charge is 2.31. The Morgan fingerprint density at radius 1 is 1.07 bits per heavy atom. The van der Waals surface area contributed by atoms with E-state index in [2.05, 4.69) is 70.9 Å². The van der Waals surface area contributed by atoms with Gasteiger partial charge < -0.3 is 15.0 Å². The first kappa shape index (κ1) is 32.5. The summed E-state index contributed by atoms with van der Waals surface area (Å²) in [4.78, 5) is 11.5. The summed E-state index contributed by atoms with van der Waals surface area (Å²) in [7, 11) is 0. The second kappa shape index (κ2) is 14.0. The van der Waals surface area contributed by atoms with Crippen molar-refractivity contribution in [1.82, 2.24) is 20.1 Å². The van der Waals surface area contributed by atoms with E-state index < -0.39 is 6.36 Å². The number of nitrogens with one attached hydrogen (secondary N) is 1. The van der Waals surface area contributed by atoms with Crippen LogP contribution in [0.4, 0.5) is 18.9 Å². The van der Waals surface area contributed by atoms with Crippen molar-refractivity contribution in [3.8, 4) is 22.8 Å². The van der Waals surface area contributed by atoms with Crippen LogP contribution in [0.1, 0.15) is 55.7 Å². The van der Waals surface area contributed by atoms with Gasteiger partial charge in [-0.3, -0.25) is 0 Å². The average molecular weight is 653 g/mol. The molecule has 0 spiro atoms. The van der Waals surface area contributed by atoms with Crippen molar-refractivity contribution in [3.05, 3.63) is 89.7 Å². The van der Waals surface area contributed by atoms with Crippen molar-refractivity contribution < 1.29 is 17.9 Å². The first-order chi connectivity index (χ1) is 21.5. The molecular weight excluding hydrogens is 618 g/mol. The summed E-state index contributed by atoms with van der Waals surface area (Å²) in [5.41, 5.74) is 6.25. The summed E-state index contributed by atoms with van der Waals surface area (Å²) in [6.07, 6.45) is -2.13. The van der Waals surface area contributed by atoms with E-state index in [4.69, 9.17) is 17.2 Å². The van der Waals surface area contributed by atoms with Gasteiger partial charge in [-0.05, 0) is 84.4 Å². The zero-order valence-corrected chi connectivity index (χ0v) is 27.1. The molecule has 4 aromatic rings. The van der Waals surface area contributed by atoms with E-state index in [1.165, 1.54) is 52.1 Å². The Bertz CT molecular complexity index is 1650. The van der Waals surface area contributed by atoms with Crippen LogP contribution in [0.25, 0.3) is 17.1 Å². The maximum Gasteiger partial charge on any atom is 0.573 e. The van der Waals surface area contributed by atoms with Gasteiger partial charge in [0, 0.05) is 30.1 Å². The Kier molecular flexibility index (Phi) is 10.1. The van der Waals surface area contributed by atoms with Gasteiger partial charge in [-0.2, -0.15) is 4.99 Å². The van der Waals surface area contributed by atoms with Crippen molar-refractivity contribution in [3.63, 3.8) is 0 Å². The maximum atomic E-state index is 12.4. The number of alkyl halides is 3. The number of thioether (sulfide) groups is 1. The summed E-state index contributed by atoms with van der Waals surface area (Å²) in [6.45, 7) is 10.2. The first-order valence-corrected chi connectivity index (χ1v) is 16.1. The molecule has 1 aliphatic heterocycles. The fraction of sp³-hybridized carbons (Fsp3) is 0.333. The number of aryl methyl sites for hydroxylation is 1. The van der Waals surface area contributed by atoms with E-state index in [1.54, 1.807) is 11.8 Å². The Labute approximate surface area is 270 Å². The van der Waals surface area contributed by atoms with E-state index in [9.17, 15) is 13.2 Å². The van der Waals surface area contributed by atoms with Gasteiger partial charge >= 0.3 is 6.36 Å². The van der Waals surface area contributed by atoms with Crippen LogP contribution in [0.15, 0.2) is 78.0 Å². The number of halogens is 3. The van der Waals surface area contributed by atoms with Crippen LogP contribution in [0.2, 0.25) is 0 Å². The molecule has 0 amide bonds. The van der Waals surface area contributed by atoms with Crippen LogP contribution in [0.3, 0.4) is 0 Å². The molecular formula is C33H35F3N6OS2. The van der Waals surface area contributed by atoms with Crippen LogP contribution in [-0.2, 0) is 0 Å². The van der Waals surface area contributed by atoms with Gasteiger partial charge in [0.2, 0.25) is 0 Å². The van der Waals surface area contributed by atoms with Gasteiger partial charge in [0.1, 0.15) is 12.1 Å². The molecule has 236 valence electrons. The molecule has 1 aromatic heterocycles. The van der Waals surface area contributed by atoms with Gasteiger partial charge in [0.25, 0.3) is 0 Å². The summed E-state index contributed by atoms with van der Waals surface area (Å²) >= 11 is 7.40. The largest absolute Gasteiger partial charge is 0.573 e. The lowest BCUT2D eigenvalue weighted by Gasteiger charge is -2.32. The van der Waals surface area contributed by atoms with E-state index in [-0.39, 0.29) is 11.7 Å². The summed E-state index contributed by atoms with van der Waals surface area (Å²) in [5.74, 6) is 1.79. The minimum Gasteiger partial charge on any atom is -0.406 e. The number of ether oxygens (including phenoxy) is 1. The minimum absolute atomic E-state index is 0.166. The zero-order valence-electron chi connectivity index (χ0n) is 25.5. The minimum atomic E-state index is -4.74. The number of thiocarbonyl (C=S) groups is 1. The molecule has 0 aliphatic carbocycles. The smallest absolute Gasteiger partial charge is 0.406 e. The third kappa shape index (κ3) is 8.43. The second-order valence-electron chi connectivity index (χ2n) is 11.2. The molecule has 1 aliphatic rings. The van der Waals surface area contributed by atoms with Crippen LogP contribution in [-0.4, -0.2) is 50.2 Å². The van der Waals surface area contributed by atoms with Crippen LogP contribution in [0.5, 0.6) is 5.75 Å². The number of hydrogen-bond donors (Lipinski definition) is 1. The molecule has 5 rings (SSSR count). The number of nitrogens with zero attached hydrogens (tertiary/aromatic N) is 5. The first-order valence-electron chi connectivity index (χ1n) is 14.7. The molecule has 12 heteroatoms. The zero-order chi connectivity index (χ0) is 32.1. The molecule has 1 saturated heterocycles. The molecule has 2 heterocycles. The fourth-order valence-corrected chi connectivity index (χ4v) is 6.20. The number of hydrogen-bond acceptors (Lipinski definition) is 5. The third-order valence-corrected chi connectivity index (χ3v) is 8.71. The molecule has 3 aromatic carbocycles. The third-order valence-electron chi connectivity index (χ3n) is 7.41. The fourth-order valence-electron chi connectivity index (χ4n) is 5.02. The highest BCUT2D eigenvalue weighted by molar-refractivity contribution is 8.14. The number of aromatic nitrogens is 3. The van der Waals surface area contributed by atoms with Gasteiger partial charge in [-0.15, -0.1) is 18.3 Å². The maximum absolute atomic E-state index is 12.4. The highest BCUT2D eigenvalue weighted by atomic mass is 32.2. The number of anilines is 1. The van der Waals surface area contributed by atoms with Crippen LogP contribution >= 0.6 is 24.0 Å². The quantitative estimate of drug-likeness (QED) is 0.192. The number of benzene rings is 3. The van der Waals surface area contributed by atoms with E-state index in [0.717, 1.165) is 35.0 Å². The van der Waals surface area contributed by atoms with Gasteiger partial charge in [-0.25, -0.2) is 9.67 Å². The Morgan fingerprint density at radius 3 is 2.49 bits per heavy atom. The van der Waals surface area contributed by atoms with Crippen LogP contribution < -0.4 is 15.0 Å². The predicted molar refractivity (Wildman–Crippen MR) is 180 cm³/mol. The Balaban J connectivity index is 1.20. The number of aliphatic imine (C=N–C) groups is 1. The van der Waals surface area contributed by atoms with Gasteiger partial charge in [-0.1, -0.05) is 68.9 Å². The van der Waals surface area contributed by atoms with Crippen molar-refractivity contribution in [2.45, 2.75) is 52.3 Å². The van der Waals surface area contributed by atoms with Crippen molar-refractivity contribution in [2.24, 2.45) is 4.99 Å². The van der Waals surface area contributed by atoms with Crippen LogP contribution in [0, 0.1) is 6.92 Å². The summed E-state index contributed by atoms with van der Waals surface area (Å²) in [6, 6.07) is 20.1. The van der Waals surface area contributed by atoms with E-state index in [0.29, 0.717) is 29.1 Å². The normalized spacial score (nSPS) is 15.4. The summed E-state index contributed by atoms with van der Waals surface area (Å²) in [5, 5.41) is 9.23. The molecule has 1 unspecified atom stereocenters. The molecule has 0 saturated carbocycles. The molecule has 0 bridgehead atoms. The topological polar surface area (TPSA) is 67.6 Å². The highest BCUT2D eigenvalue weighted by Crippen LogP contribution is 2.33. The molecule has 1 fully saturated rings. The molecule has 7 nitrogen and oxygen atoms in total. The molecule has 0 radical (unpaired) electrons. The van der Waals surface area contributed by atoms with Crippen molar-refractivity contribution in [1.29, 1.82) is 0 Å². The molecule has 1 atom stereocenters. The lowest BCUT2D eigenvalue weighted by Crippen LogP contribution is -2.36. The van der Waals surface area contributed by atoms with Crippen molar-refractivity contribution in [2.75, 3.05) is 23.7 Å². The lowest BCUT2D eigenvalue weighted by atomic mass is 9.98. The monoisotopic (exact) mass is 652 g/mol. The SMILES string of the molecule is Cc1ccc(C(C)C)c(N2CCCS/C2=N\C(=S)NCC(C)c2ccc(-c3ncn(-c4ccc(OC(F)(F)F)cc4)n3)cc2)c1. The Morgan fingerprint density at radius 2 is 1.80 bits per heavy atom. The molecule has 45 heavy (non-hydrogen) atoms. The van der Waals surface area contributed by atoms with E-state index >= 15 is 0 Å². The second-order valence-corrected chi connectivity index (χ2v) is 12.7.